The van der Waals surface area contributed by atoms with Crippen LogP contribution in [0.3, 0.4) is 0 Å². The number of hydrogen-bond acceptors (Lipinski definition) is 6. The minimum absolute atomic E-state index is 0. The molecule has 4 aromatic rings. The van der Waals surface area contributed by atoms with E-state index in [4.69, 9.17) is 69.6 Å². The van der Waals surface area contributed by atoms with Gasteiger partial charge in [-0.05, 0) is 47.9 Å². The Morgan fingerprint density at radius 3 is 1.12 bits per heavy atom. The van der Waals surface area contributed by atoms with Crippen LogP contribution < -0.4 is 10.2 Å². The predicted octanol–water partition coefficient (Wildman–Crippen LogP) is 10.4. The average molecular weight is 789 g/mol. The second-order valence-corrected chi connectivity index (χ2v) is 13.1. The van der Waals surface area contributed by atoms with Crippen molar-refractivity contribution in [3.05, 3.63) is 108 Å². The van der Waals surface area contributed by atoms with Crippen molar-refractivity contribution in [3.63, 3.8) is 0 Å². The molecule has 4 rings (SSSR count). The number of halogens is 6. The fraction of sp³-hybridized carbons (Fsp3) is 0.133. The van der Waals surface area contributed by atoms with Crippen LogP contribution in [-0.4, -0.2) is 33.5 Å². The third-order valence-electron chi connectivity index (χ3n) is 4.69. The molecule has 0 bridgehead atoms. The number of benzene rings is 4. The molecule has 0 amide bonds. The molecule has 0 aliphatic rings. The van der Waals surface area contributed by atoms with Crippen LogP contribution >= 0.6 is 93.1 Å². The minimum atomic E-state index is -0.750. The van der Waals surface area contributed by atoms with E-state index < -0.39 is 8.59 Å². The van der Waals surface area contributed by atoms with Gasteiger partial charge in [0.2, 0.25) is 0 Å². The van der Waals surface area contributed by atoms with Crippen LogP contribution in [0.2, 0.25) is 0 Å². The molecule has 0 radical (unpaired) electrons. The van der Waals surface area contributed by atoms with Gasteiger partial charge >= 0.3 is 19.5 Å². The van der Waals surface area contributed by atoms with Gasteiger partial charge in [-0.2, -0.15) is 0 Å². The molecule has 0 aliphatic carbocycles. The van der Waals surface area contributed by atoms with Crippen LogP contribution in [-0.2, 0) is 19.5 Å². The van der Waals surface area contributed by atoms with Crippen LogP contribution in [0.5, 0.6) is 11.5 Å². The Morgan fingerprint density at radius 1 is 0.535 bits per heavy atom. The van der Waals surface area contributed by atoms with Crippen molar-refractivity contribution >= 4 is 117 Å². The number of thioether (sulfide) groups is 2. The van der Waals surface area contributed by atoms with E-state index in [-0.39, 0.29) is 31.0 Å². The Balaban J connectivity index is 0.000000646. The molecule has 0 aliphatic heterocycles. The topological polar surface area (TPSA) is 70.8 Å². The van der Waals surface area contributed by atoms with Gasteiger partial charge in [0.15, 0.2) is 8.59 Å². The van der Waals surface area contributed by atoms with Crippen LogP contribution in [0.15, 0.2) is 117 Å². The Kier molecular flexibility index (Phi) is 24.5. The second kappa shape index (κ2) is 25.1. The molecule has 0 heterocycles. The standard InChI is InChI=1S/2C14H13NOS.2CHCl3.Zn/c2*1-17-14-9-5-3-7-12(14)15-10-11-6-2-4-8-13(11)16;2*2-1(3)4;/h2*2-10,16H,1H3;2*1H;/q;;;;+2/p-2. The summed E-state index contributed by atoms with van der Waals surface area (Å²) >= 11 is 32.1. The van der Waals surface area contributed by atoms with E-state index >= 15 is 0 Å². The molecule has 13 heteroatoms. The molecule has 0 saturated carbocycles. The first-order valence-corrected chi connectivity index (χ1v) is 16.9. The van der Waals surface area contributed by atoms with Gasteiger partial charge in [0.25, 0.3) is 0 Å². The zero-order valence-electron chi connectivity index (χ0n) is 23.0. The molecule has 0 atom stereocenters. The summed E-state index contributed by atoms with van der Waals surface area (Å²) in [5.74, 6) is -0.00392. The summed E-state index contributed by atoms with van der Waals surface area (Å²) in [6.45, 7) is 0. The predicted molar refractivity (Wildman–Crippen MR) is 185 cm³/mol. The monoisotopic (exact) mass is 784 g/mol. The summed E-state index contributed by atoms with van der Waals surface area (Å²) in [5, 5.41) is 23.0. The fourth-order valence-electron chi connectivity index (χ4n) is 2.93. The first kappa shape index (κ1) is 41.9. The third kappa shape index (κ3) is 19.1. The summed E-state index contributed by atoms with van der Waals surface area (Å²) in [4.78, 5) is 10.9. The first-order chi connectivity index (χ1) is 20.1. The molecule has 0 unspecified atom stereocenters. The first-order valence-electron chi connectivity index (χ1n) is 11.8. The zero-order valence-corrected chi connectivity index (χ0v) is 32.2. The van der Waals surface area contributed by atoms with Crippen molar-refractivity contribution in [1.82, 2.24) is 0 Å². The number of para-hydroxylation sites is 4. The summed E-state index contributed by atoms with van der Waals surface area (Å²) in [6.07, 6.45) is 7.26. The number of hydrogen-bond donors (Lipinski definition) is 0. The third-order valence-corrected chi connectivity index (χ3v) is 6.26. The summed E-state index contributed by atoms with van der Waals surface area (Å²) in [7, 11) is 0. The van der Waals surface area contributed by atoms with Crippen LogP contribution in [0.4, 0.5) is 11.4 Å². The molecule has 0 spiro atoms. The molecular formula is C30H26Cl6N2O2S2Zn. The molecule has 0 N–H and O–H groups in total. The van der Waals surface area contributed by atoms with Crippen LogP contribution in [0.1, 0.15) is 11.1 Å². The Morgan fingerprint density at radius 2 is 0.814 bits per heavy atom. The Bertz CT molecular complexity index is 1290. The van der Waals surface area contributed by atoms with E-state index in [9.17, 15) is 10.2 Å². The Hall–Kier alpha value is -1.12. The largest absolute Gasteiger partial charge is 2.00 e. The Labute approximate surface area is 304 Å². The van der Waals surface area contributed by atoms with Gasteiger partial charge in [0.1, 0.15) is 0 Å². The van der Waals surface area contributed by atoms with Crippen molar-refractivity contribution < 1.29 is 29.7 Å². The zero-order chi connectivity index (χ0) is 31.3. The normalized spacial score (nSPS) is 10.3. The molecule has 224 valence electrons. The summed E-state index contributed by atoms with van der Waals surface area (Å²) in [6, 6.07) is 29.5. The van der Waals surface area contributed by atoms with E-state index in [1.807, 2.05) is 73.2 Å². The molecule has 0 fully saturated rings. The van der Waals surface area contributed by atoms with Gasteiger partial charge in [-0.3, -0.25) is 9.98 Å². The van der Waals surface area contributed by atoms with Crippen molar-refractivity contribution in [3.8, 4) is 11.5 Å². The number of rotatable bonds is 6. The minimum Gasteiger partial charge on any atom is -0.872 e. The molecule has 0 saturated heterocycles. The van der Waals surface area contributed by atoms with Crippen molar-refractivity contribution in [2.24, 2.45) is 9.98 Å². The maximum Gasteiger partial charge on any atom is 2.00 e. The van der Waals surface area contributed by atoms with Crippen LogP contribution in [0.25, 0.3) is 0 Å². The van der Waals surface area contributed by atoms with Gasteiger partial charge in [-0.1, -0.05) is 142 Å². The second-order valence-electron chi connectivity index (χ2n) is 7.43. The smallest absolute Gasteiger partial charge is 0.872 e. The van der Waals surface area contributed by atoms with Crippen molar-refractivity contribution in [2.45, 2.75) is 18.4 Å². The van der Waals surface area contributed by atoms with E-state index in [0.717, 1.165) is 21.2 Å². The molecule has 0 aromatic heterocycles. The maximum absolute atomic E-state index is 11.5. The van der Waals surface area contributed by atoms with Gasteiger partial charge in [-0.15, -0.1) is 35.0 Å². The van der Waals surface area contributed by atoms with E-state index in [2.05, 4.69) is 9.98 Å². The number of nitrogens with zero attached hydrogens (tertiary/aromatic N) is 2. The molecule has 4 nitrogen and oxygen atoms in total. The van der Waals surface area contributed by atoms with E-state index in [0.29, 0.717) is 11.1 Å². The van der Waals surface area contributed by atoms with Crippen molar-refractivity contribution in [1.29, 1.82) is 0 Å². The number of aliphatic imine (C=N–C) groups is 2. The molecule has 4 aromatic carbocycles. The fourth-order valence-corrected chi connectivity index (χ4v) is 4.01. The van der Waals surface area contributed by atoms with E-state index in [1.165, 1.54) is 0 Å². The SMILES string of the molecule is CSc1ccccc1N=Cc1ccccc1[O-].CSc1ccccc1N=Cc1ccccc1[O-].ClC(Cl)Cl.ClC(Cl)Cl.[Zn+2]. The maximum atomic E-state index is 11.5. The summed E-state index contributed by atoms with van der Waals surface area (Å²) in [5.41, 5.74) is 3.01. The van der Waals surface area contributed by atoms with Gasteiger partial charge in [-0.25, -0.2) is 0 Å². The quantitative estimate of drug-likeness (QED) is 0.0844. The molecular weight excluding hydrogens is 763 g/mol. The van der Waals surface area contributed by atoms with Gasteiger partial charge in [0, 0.05) is 22.2 Å². The van der Waals surface area contributed by atoms with Crippen molar-refractivity contribution in [2.75, 3.05) is 12.5 Å². The number of alkyl halides is 6. The average Bonchev–Trinajstić information content (AvgIpc) is 2.96. The summed E-state index contributed by atoms with van der Waals surface area (Å²) < 4.78 is -1.50. The van der Waals surface area contributed by atoms with Gasteiger partial charge < -0.3 is 10.2 Å². The van der Waals surface area contributed by atoms with Gasteiger partial charge in [0.05, 0.1) is 11.4 Å². The molecule has 43 heavy (non-hydrogen) atoms. The van der Waals surface area contributed by atoms with E-state index in [1.54, 1.807) is 72.4 Å². The van der Waals surface area contributed by atoms with Crippen LogP contribution in [0, 0.1) is 0 Å².